The fourth-order valence-corrected chi connectivity index (χ4v) is 4.51. The number of rotatable bonds is 6. The van der Waals surface area contributed by atoms with E-state index in [0.29, 0.717) is 12.5 Å². The Balaban J connectivity index is 1.30. The number of amides is 1. The Morgan fingerprint density at radius 2 is 1.66 bits per heavy atom. The van der Waals surface area contributed by atoms with E-state index >= 15 is 0 Å². The van der Waals surface area contributed by atoms with Crippen molar-refractivity contribution in [2.24, 2.45) is 5.92 Å². The predicted molar refractivity (Wildman–Crippen MR) is 128 cm³/mol. The first kappa shape index (κ1) is 22.6. The largest absolute Gasteiger partial charge is 0.457 e. The Kier molecular flexibility index (Phi) is 7.61. The van der Waals surface area contributed by atoms with Gasteiger partial charge in [0.2, 0.25) is 5.91 Å². The van der Waals surface area contributed by atoms with Crippen LogP contribution in [0.3, 0.4) is 0 Å². The quantitative estimate of drug-likeness (QED) is 0.662. The van der Waals surface area contributed by atoms with E-state index < -0.39 is 0 Å². The van der Waals surface area contributed by atoms with Crippen LogP contribution in [0.2, 0.25) is 0 Å². The number of ether oxygens (including phenoxy) is 2. The minimum atomic E-state index is 0.259. The van der Waals surface area contributed by atoms with Crippen LogP contribution in [0.4, 0.5) is 0 Å². The first-order valence-electron chi connectivity index (χ1n) is 11.7. The first-order chi connectivity index (χ1) is 15.6. The molecule has 2 fully saturated rings. The SMILES string of the molecule is Cc1cc(Oc2ccccc2)cc(C)c1C=CC1CCN(C(=O)CN2CCOCC2)CC1. The van der Waals surface area contributed by atoms with Gasteiger partial charge < -0.3 is 14.4 Å². The lowest BCUT2D eigenvalue weighted by molar-refractivity contribution is -0.134. The van der Waals surface area contributed by atoms with Crippen molar-refractivity contribution in [2.75, 3.05) is 45.9 Å². The highest BCUT2D eigenvalue weighted by atomic mass is 16.5. The molecule has 0 spiro atoms. The number of piperidine rings is 1. The highest BCUT2D eigenvalue weighted by Gasteiger charge is 2.23. The van der Waals surface area contributed by atoms with Crippen LogP contribution in [-0.4, -0.2) is 61.6 Å². The summed E-state index contributed by atoms with van der Waals surface area (Å²) >= 11 is 0. The van der Waals surface area contributed by atoms with E-state index in [1.165, 1.54) is 16.7 Å². The molecule has 0 saturated carbocycles. The van der Waals surface area contributed by atoms with Gasteiger partial charge in [-0.1, -0.05) is 30.4 Å². The maximum Gasteiger partial charge on any atom is 0.236 e. The summed E-state index contributed by atoms with van der Waals surface area (Å²) in [6.07, 6.45) is 6.64. The van der Waals surface area contributed by atoms with Gasteiger partial charge in [-0.15, -0.1) is 0 Å². The molecule has 5 nitrogen and oxygen atoms in total. The number of likely N-dealkylation sites (tertiary alicyclic amines) is 1. The number of carbonyl (C=O) groups excluding carboxylic acids is 1. The first-order valence-corrected chi connectivity index (χ1v) is 11.7. The Hall–Kier alpha value is -2.63. The predicted octanol–water partition coefficient (Wildman–Crippen LogP) is 4.68. The van der Waals surface area contributed by atoms with Crippen molar-refractivity contribution in [1.29, 1.82) is 0 Å². The zero-order valence-corrected chi connectivity index (χ0v) is 19.3. The molecular formula is C27H34N2O3. The number of benzene rings is 2. The van der Waals surface area contributed by atoms with Crippen LogP contribution >= 0.6 is 0 Å². The molecule has 2 aromatic rings. The fraction of sp³-hybridized carbons (Fsp3) is 0.444. The van der Waals surface area contributed by atoms with Crippen molar-refractivity contribution in [1.82, 2.24) is 9.80 Å². The second kappa shape index (κ2) is 10.8. The van der Waals surface area contributed by atoms with Crippen molar-refractivity contribution in [3.8, 4) is 11.5 Å². The molecule has 0 aliphatic carbocycles. The van der Waals surface area contributed by atoms with Gasteiger partial charge in [-0.25, -0.2) is 0 Å². The lowest BCUT2D eigenvalue weighted by Crippen LogP contribution is -2.46. The number of hydrogen-bond donors (Lipinski definition) is 0. The standard InChI is InChI=1S/C27H34N2O3/c1-21-18-25(32-24-6-4-3-5-7-24)19-22(2)26(21)9-8-23-10-12-29(13-11-23)27(30)20-28-14-16-31-17-15-28/h3-9,18-19,23H,10-17,20H2,1-2H3. The smallest absolute Gasteiger partial charge is 0.236 e. The molecule has 0 atom stereocenters. The lowest BCUT2D eigenvalue weighted by atomic mass is 9.94. The Labute approximate surface area is 191 Å². The van der Waals surface area contributed by atoms with E-state index in [1.807, 2.05) is 35.2 Å². The molecule has 5 heteroatoms. The highest BCUT2D eigenvalue weighted by molar-refractivity contribution is 5.78. The van der Waals surface area contributed by atoms with Gasteiger partial charge in [0.25, 0.3) is 0 Å². The van der Waals surface area contributed by atoms with E-state index in [2.05, 4.69) is 43.0 Å². The van der Waals surface area contributed by atoms with Crippen LogP contribution in [0.5, 0.6) is 11.5 Å². The van der Waals surface area contributed by atoms with Crippen molar-refractivity contribution in [2.45, 2.75) is 26.7 Å². The molecule has 1 amide bonds. The summed E-state index contributed by atoms with van der Waals surface area (Å²) in [5, 5.41) is 0. The van der Waals surface area contributed by atoms with Crippen molar-refractivity contribution in [3.63, 3.8) is 0 Å². The Morgan fingerprint density at radius 3 is 2.31 bits per heavy atom. The minimum absolute atomic E-state index is 0.259. The Morgan fingerprint density at radius 1 is 1.00 bits per heavy atom. The summed E-state index contributed by atoms with van der Waals surface area (Å²) in [7, 11) is 0. The average molecular weight is 435 g/mol. The van der Waals surface area contributed by atoms with Gasteiger partial charge in [0.15, 0.2) is 0 Å². The summed E-state index contributed by atoms with van der Waals surface area (Å²) < 4.78 is 11.4. The molecule has 32 heavy (non-hydrogen) atoms. The van der Waals surface area contributed by atoms with E-state index in [1.54, 1.807) is 0 Å². The molecule has 4 rings (SSSR count). The fourth-order valence-electron chi connectivity index (χ4n) is 4.51. The van der Waals surface area contributed by atoms with Crippen LogP contribution in [0, 0.1) is 19.8 Å². The Bertz CT molecular complexity index is 904. The maximum absolute atomic E-state index is 12.6. The zero-order chi connectivity index (χ0) is 22.3. The number of allylic oxidation sites excluding steroid dienone is 1. The van der Waals surface area contributed by atoms with Crippen LogP contribution in [0.25, 0.3) is 6.08 Å². The second-order valence-corrected chi connectivity index (χ2v) is 8.85. The molecule has 0 radical (unpaired) electrons. The van der Waals surface area contributed by atoms with Gasteiger partial charge in [0.05, 0.1) is 19.8 Å². The molecule has 0 unspecified atom stereocenters. The molecule has 2 aromatic carbocycles. The number of aryl methyl sites for hydroxylation is 2. The molecule has 0 N–H and O–H groups in total. The average Bonchev–Trinajstić information content (AvgIpc) is 2.80. The number of morpholine rings is 1. The van der Waals surface area contributed by atoms with Crippen molar-refractivity contribution < 1.29 is 14.3 Å². The van der Waals surface area contributed by atoms with Gasteiger partial charge in [0.1, 0.15) is 11.5 Å². The van der Waals surface area contributed by atoms with Crippen molar-refractivity contribution >= 4 is 12.0 Å². The molecule has 2 heterocycles. The third kappa shape index (κ3) is 5.99. The number of nitrogens with zero attached hydrogens (tertiary/aromatic N) is 2. The van der Waals surface area contributed by atoms with Gasteiger partial charge >= 0.3 is 0 Å². The van der Waals surface area contributed by atoms with Crippen LogP contribution in [-0.2, 0) is 9.53 Å². The molecule has 170 valence electrons. The summed E-state index contributed by atoms with van der Waals surface area (Å²) in [4.78, 5) is 16.9. The molecule has 2 aliphatic rings. The summed E-state index contributed by atoms with van der Waals surface area (Å²) in [6, 6.07) is 14.1. The third-order valence-electron chi connectivity index (χ3n) is 6.44. The number of carbonyl (C=O) groups is 1. The lowest BCUT2D eigenvalue weighted by Gasteiger charge is -2.33. The molecule has 2 aliphatic heterocycles. The third-order valence-corrected chi connectivity index (χ3v) is 6.44. The van der Waals surface area contributed by atoms with Gasteiger partial charge in [0, 0.05) is 26.2 Å². The van der Waals surface area contributed by atoms with Gasteiger partial charge in [-0.05, 0) is 73.6 Å². The minimum Gasteiger partial charge on any atom is -0.457 e. The molecule has 0 bridgehead atoms. The molecule has 0 aromatic heterocycles. The monoisotopic (exact) mass is 434 g/mol. The van der Waals surface area contributed by atoms with E-state index in [9.17, 15) is 4.79 Å². The number of para-hydroxylation sites is 1. The van der Waals surface area contributed by atoms with Gasteiger partial charge in [-0.3, -0.25) is 9.69 Å². The summed E-state index contributed by atoms with van der Waals surface area (Å²) in [5.41, 5.74) is 3.69. The molecule has 2 saturated heterocycles. The summed E-state index contributed by atoms with van der Waals surface area (Å²) in [6.45, 7) is 9.68. The van der Waals surface area contributed by atoms with Crippen molar-refractivity contribution in [3.05, 3.63) is 65.2 Å². The van der Waals surface area contributed by atoms with E-state index in [0.717, 1.165) is 63.7 Å². The van der Waals surface area contributed by atoms with E-state index in [4.69, 9.17) is 9.47 Å². The van der Waals surface area contributed by atoms with Crippen LogP contribution < -0.4 is 4.74 Å². The van der Waals surface area contributed by atoms with Gasteiger partial charge in [-0.2, -0.15) is 0 Å². The number of hydrogen-bond acceptors (Lipinski definition) is 4. The summed E-state index contributed by atoms with van der Waals surface area (Å²) in [5.74, 6) is 2.50. The van der Waals surface area contributed by atoms with Crippen LogP contribution in [0.15, 0.2) is 48.5 Å². The maximum atomic E-state index is 12.6. The molecular weight excluding hydrogens is 400 g/mol. The van der Waals surface area contributed by atoms with E-state index in [-0.39, 0.29) is 5.91 Å². The normalized spacial score (nSPS) is 18.2. The second-order valence-electron chi connectivity index (χ2n) is 8.85. The topological polar surface area (TPSA) is 42.0 Å². The highest BCUT2D eigenvalue weighted by Crippen LogP contribution is 2.28. The van der Waals surface area contributed by atoms with Crippen LogP contribution in [0.1, 0.15) is 29.5 Å². The zero-order valence-electron chi connectivity index (χ0n) is 19.3.